The molecule has 9 nitrogen and oxygen atoms in total. The second kappa shape index (κ2) is 7.17. The number of benzene rings is 2. The molecule has 27 heavy (non-hydrogen) atoms. The Morgan fingerprint density at radius 3 is 2.67 bits per heavy atom. The number of nitrogens with one attached hydrogen (secondary N) is 2. The smallest absolute Gasteiger partial charge is 0.270 e. The Labute approximate surface area is 153 Å². The normalized spacial score (nSPS) is 11.4. The van der Waals surface area contributed by atoms with Crippen LogP contribution in [0.2, 0.25) is 0 Å². The van der Waals surface area contributed by atoms with Gasteiger partial charge in [0.2, 0.25) is 10.0 Å². The average Bonchev–Trinajstić information content (AvgIpc) is 2.66. The summed E-state index contributed by atoms with van der Waals surface area (Å²) in [4.78, 5) is 24.7. The van der Waals surface area contributed by atoms with E-state index in [1.165, 1.54) is 25.3 Å². The van der Waals surface area contributed by atoms with Crippen LogP contribution in [0.15, 0.2) is 58.2 Å². The first kappa shape index (κ1) is 18.5. The van der Waals surface area contributed by atoms with Crippen molar-refractivity contribution in [3.8, 4) is 5.75 Å². The summed E-state index contributed by atoms with van der Waals surface area (Å²) in [5.41, 5.74) is 0.0128. The number of nitro benzene ring substituents is 1. The van der Waals surface area contributed by atoms with E-state index >= 15 is 0 Å². The second-order valence-corrected chi connectivity index (χ2v) is 7.42. The minimum atomic E-state index is -4.03. The summed E-state index contributed by atoms with van der Waals surface area (Å²) >= 11 is 0. The van der Waals surface area contributed by atoms with E-state index in [1.807, 2.05) is 0 Å². The van der Waals surface area contributed by atoms with E-state index in [9.17, 15) is 23.3 Å². The highest BCUT2D eigenvalue weighted by Gasteiger charge is 2.18. The van der Waals surface area contributed by atoms with Gasteiger partial charge in [0.05, 0.1) is 16.9 Å². The molecule has 2 N–H and O–H groups in total. The summed E-state index contributed by atoms with van der Waals surface area (Å²) in [5, 5.41) is 11.5. The molecule has 0 atom stereocenters. The van der Waals surface area contributed by atoms with Gasteiger partial charge in [-0.05, 0) is 30.3 Å². The third-order valence-electron chi connectivity index (χ3n) is 3.92. The van der Waals surface area contributed by atoms with Gasteiger partial charge in [0.25, 0.3) is 11.2 Å². The van der Waals surface area contributed by atoms with E-state index in [2.05, 4.69) is 9.71 Å². The maximum Gasteiger partial charge on any atom is 0.270 e. The number of H-pyrrole nitrogens is 1. The van der Waals surface area contributed by atoms with Gasteiger partial charge >= 0.3 is 0 Å². The van der Waals surface area contributed by atoms with Gasteiger partial charge in [-0.25, -0.2) is 13.1 Å². The highest BCUT2D eigenvalue weighted by atomic mass is 32.2. The van der Waals surface area contributed by atoms with Gasteiger partial charge in [-0.1, -0.05) is 6.07 Å². The molecule has 0 radical (unpaired) electrons. The number of hydrogen-bond acceptors (Lipinski definition) is 6. The zero-order chi connectivity index (χ0) is 19.6. The Morgan fingerprint density at radius 2 is 1.96 bits per heavy atom. The average molecular weight is 389 g/mol. The lowest BCUT2D eigenvalue weighted by Crippen LogP contribution is -2.27. The molecular formula is C17H15N3O6S. The van der Waals surface area contributed by atoms with E-state index in [0.29, 0.717) is 16.7 Å². The molecule has 0 spiro atoms. The number of hydrogen-bond donors (Lipinski definition) is 2. The number of aromatic amines is 1. The largest absolute Gasteiger partial charge is 0.497 e. The van der Waals surface area contributed by atoms with E-state index in [1.54, 1.807) is 24.3 Å². The Balaban J connectivity index is 1.89. The summed E-state index contributed by atoms with van der Waals surface area (Å²) in [5.74, 6) is 0.595. The molecule has 3 rings (SSSR count). The summed E-state index contributed by atoms with van der Waals surface area (Å²) < 4.78 is 32.2. The molecule has 0 aliphatic carbocycles. The lowest BCUT2D eigenvalue weighted by atomic mass is 10.1. The van der Waals surface area contributed by atoms with Crippen molar-refractivity contribution in [3.05, 3.63) is 74.6 Å². The Kier molecular flexibility index (Phi) is 4.93. The van der Waals surface area contributed by atoms with Gasteiger partial charge in [-0.3, -0.25) is 14.9 Å². The summed E-state index contributed by atoms with van der Waals surface area (Å²) in [6.45, 7) is -0.270. The standard InChI is InChI=1S/C17H15N3O6S/c1-26-14-5-6-16-11(8-14)7-12(17(21)19-16)10-18-27(24,25)15-4-2-3-13(9-15)20(22)23/h2-9,18H,10H2,1H3,(H,19,21). The van der Waals surface area contributed by atoms with Crippen LogP contribution in [0.25, 0.3) is 10.9 Å². The third kappa shape index (κ3) is 3.96. The molecule has 0 saturated carbocycles. The van der Waals surface area contributed by atoms with Gasteiger partial charge in [0.15, 0.2) is 0 Å². The zero-order valence-electron chi connectivity index (χ0n) is 14.1. The highest BCUT2D eigenvalue weighted by Crippen LogP contribution is 2.20. The number of pyridine rings is 1. The predicted octanol–water partition coefficient (Wildman–Crippen LogP) is 1.92. The molecule has 0 aliphatic rings. The first-order chi connectivity index (χ1) is 12.8. The van der Waals surface area contributed by atoms with Crippen molar-refractivity contribution in [2.75, 3.05) is 7.11 Å². The van der Waals surface area contributed by atoms with E-state index < -0.39 is 20.5 Å². The highest BCUT2D eigenvalue weighted by molar-refractivity contribution is 7.89. The van der Waals surface area contributed by atoms with Gasteiger partial charge in [0.1, 0.15) is 5.75 Å². The second-order valence-electron chi connectivity index (χ2n) is 5.66. The molecule has 140 valence electrons. The van der Waals surface area contributed by atoms with Crippen LogP contribution in [-0.4, -0.2) is 25.4 Å². The monoisotopic (exact) mass is 389 g/mol. The molecule has 10 heteroatoms. The maximum atomic E-state index is 12.4. The molecular weight excluding hydrogens is 374 g/mol. The number of fused-ring (bicyclic) bond motifs is 1. The van der Waals surface area contributed by atoms with Crippen LogP contribution in [0.1, 0.15) is 5.56 Å². The van der Waals surface area contributed by atoms with Crippen LogP contribution >= 0.6 is 0 Å². The minimum absolute atomic E-state index is 0.199. The molecule has 1 aromatic heterocycles. The van der Waals surface area contributed by atoms with Crippen LogP contribution in [0.3, 0.4) is 0 Å². The molecule has 2 aromatic carbocycles. The summed E-state index contributed by atoms with van der Waals surface area (Å²) in [6.07, 6.45) is 0. The van der Waals surface area contributed by atoms with Crippen molar-refractivity contribution in [2.24, 2.45) is 0 Å². The van der Waals surface area contributed by atoms with Crippen LogP contribution in [0.5, 0.6) is 5.75 Å². The Morgan fingerprint density at radius 1 is 1.19 bits per heavy atom. The predicted molar refractivity (Wildman–Crippen MR) is 98.2 cm³/mol. The molecule has 0 fully saturated rings. The first-order valence-corrected chi connectivity index (χ1v) is 9.22. The number of nitrogens with zero attached hydrogens (tertiary/aromatic N) is 1. The quantitative estimate of drug-likeness (QED) is 0.489. The van der Waals surface area contributed by atoms with E-state index in [-0.39, 0.29) is 22.7 Å². The Hall–Kier alpha value is -3.24. The van der Waals surface area contributed by atoms with Crippen LogP contribution in [-0.2, 0) is 16.6 Å². The van der Waals surface area contributed by atoms with Crippen LogP contribution in [0, 0.1) is 10.1 Å². The van der Waals surface area contributed by atoms with E-state index in [4.69, 9.17) is 4.74 Å². The van der Waals surface area contributed by atoms with Gasteiger partial charge < -0.3 is 9.72 Å². The molecule has 3 aromatic rings. The fraction of sp³-hybridized carbons (Fsp3) is 0.118. The summed E-state index contributed by atoms with van der Waals surface area (Å²) in [7, 11) is -2.51. The number of non-ortho nitro benzene ring substituents is 1. The van der Waals surface area contributed by atoms with Gasteiger partial charge in [-0.15, -0.1) is 0 Å². The maximum absolute atomic E-state index is 12.4. The number of rotatable bonds is 6. The SMILES string of the molecule is COc1ccc2[nH]c(=O)c(CNS(=O)(=O)c3cccc([N+](=O)[O-])c3)cc2c1. The van der Waals surface area contributed by atoms with Crippen molar-refractivity contribution < 1.29 is 18.1 Å². The number of aromatic nitrogens is 1. The molecule has 0 bridgehead atoms. The summed E-state index contributed by atoms with van der Waals surface area (Å²) in [6, 6.07) is 11.3. The first-order valence-electron chi connectivity index (χ1n) is 7.74. The molecule has 0 aliphatic heterocycles. The van der Waals surface area contributed by atoms with Gasteiger partial charge in [-0.2, -0.15) is 0 Å². The molecule has 0 saturated heterocycles. The van der Waals surface area contributed by atoms with Crippen molar-refractivity contribution in [1.29, 1.82) is 0 Å². The van der Waals surface area contributed by atoms with Crippen LogP contribution < -0.4 is 15.0 Å². The molecule has 0 unspecified atom stereocenters. The number of ether oxygens (including phenoxy) is 1. The van der Waals surface area contributed by atoms with Crippen molar-refractivity contribution >= 4 is 26.6 Å². The number of sulfonamides is 1. The number of methoxy groups -OCH3 is 1. The van der Waals surface area contributed by atoms with E-state index in [0.717, 1.165) is 6.07 Å². The number of nitro groups is 1. The molecule has 0 amide bonds. The fourth-order valence-electron chi connectivity index (χ4n) is 2.51. The van der Waals surface area contributed by atoms with Crippen molar-refractivity contribution in [3.63, 3.8) is 0 Å². The Bertz CT molecular complexity index is 1190. The topological polar surface area (TPSA) is 131 Å². The fourth-order valence-corrected chi connectivity index (χ4v) is 3.55. The zero-order valence-corrected chi connectivity index (χ0v) is 14.9. The van der Waals surface area contributed by atoms with Crippen LogP contribution in [0.4, 0.5) is 5.69 Å². The van der Waals surface area contributed by atoms with Crippen molar-refractivity contribution in [2.45, 2.75) is 11.4 Å². The van der Waals surface area contributed by atoms with Crippen molar-refractivity contribution in [1.82, 2.24) is 9.71 Å². The van der Waals surface area contributed by atoms with Gasteiger partial charge in [0, 0.05) is 35.1 Å². The lowest BCUT2D eigenvalue weighted by Gasteiger charge is -2.08. The molecule has 1 heterocycles. The minimum Gasteiger partial charge on any atom is -0.497 e. The lowest BCUT2D eigenvalue weighted by molar-refractivity contribution is -0.385. The third-order valence-corrected chi connectivity index (χ3v) is 5.32.